The van der Waals surface area contributed by atoms with Crippen molar-refractivity contribution in [2.24, 2.45) is 0 Å². The van der Waals surface area contributed by atoms with Crippen LogP contribution in [0, 0.1) is 6.92 Å². The quantitative estimate of drug-likeness (QED) is 0.860. The topological polar surface area (TPSA) is 45.8 Å². The van der Waals surface area contributed by atoms with E-state index in [1.54, 1.807) is 11.8 Å². The predicted octanol–water partition coefficient (Wildman–Crippen LogP) is 2.93. The molecule has 0 aliphatic heterocycles. The van der Waals surface area contributed by atoms with Crippen LogP contribution in [-0.4, -0.2) is 9.97 Å². The minimum absolute atomic E-state index is 0.00587. The van der Waals surface area contributed by atoms with Crippen LogP contribution >= 0.6 is 11.8 Å². The summed E-state index contributed by atoms with van der Waals surface area (Å²) in [6, 6.07) is 10.1. The molecule has 0 saturated heterocycles. The molecule has 0 spiro atoms. The summed E-state index contributed by atoms with van der Waals surface area (Å²) in [4.78, 5) is 20.3. The Morgan fingerprint density at radius 3 is 2.61 bits per heavy atom. The van der Waals surface area contributed by atoms with Crippen molar-refractivity contribution in [2.75, 3.05) is 0 Å². The number of nitrogens with zero attached hydrogens (tertiary/aromatic N) is 1. The number of benzene rings is 1. The van der Waals surface area contributed by atoms with Crippen molar-refractivity contribution >= 4 is 11.8 Å². The van der Waals surface area contributed by atoms with Crippen LogP contribution in [0.5, 0.6) is 0 Å². The number of hydrogen-bond acceptors (Lipinski definition) is 3. The number of thioether (sulfide) groups is 1. The Bertz CT molecular complexity index is 578. The van der Waals surface area contributed by atoms with Crippen molar-refractivity contribution in [3.05, 3.63) is 57.8 Å². The molecule has 2 rings (SSSR count). The van der Waals surface area contributed by atoms with Crippen LogP contribution in [0.4, 0.5) is 0 Å². The van der Waals surface area contributed by atoms with Gasteiger partial charge in [-0.1, -0.05) is 25.1 Å². The summed E-state index contributed by atoms with van der Waals surface area (Å²) in [6.07, 6.45) is 0.722. The highest BCUT2D eigenvalue weighted by Crippen LogP contribution is 2.20. The molecular formula is C14H16N2OS. The molecule has 0 unspecified atom stereocenters. The maximum absolute atomic E-state index is 11.8. The third-order valence-corrected chi connectivity index (χ3v) is 3.77. The smallest absolute Gasteiger partial charge is 0.254 e. The van der Waals surface area contributed by atoms with Gasteiger partial charge in [0.25, 0.3) is 5.56 Å². The molecule has 18 heavy (non-hydrogen) atoms. The SMILES string of the molecule is CCc1c(C)nc(CSc2ccccc2)[nH]c1=O. The molecule has 0 bridgehead atoms. The molecule has 0 saturated carbocycles. The molecule has 2 aromatic rings. The van der Waals surface area contributed by atoms with Crippen LogP contribution in [-0.2, 0) is 12.2 Å². The standard InChI is InChI=1S/C14H16N2OS/c1-3-12-10(2)15-13(16-14(12)17)9-18-11-7-5-4-6-8-11/h4-8H,3,9H2,1-2H3,(H,15,16,17). The van der Waals surface area contributed by atoms with Gasteiger partial charge in [0.05, 0.1) is 5.75 Å². The maximum Gasteiger partial charge on any atom is 0.254 e. The number of hydrogen-bond donors (Lipinski definition) is 1. The number of aromatic nitrogens is 2. The van der Waals surface area contributed by atoms with Gasteiger partial charge >= 0.3 is 0 Å². The summed E-state index contributed by atoms with van der Waals surface area (Å²) < 4.78 is 0. The molecule has 0 aliphatic rings. The molecule has 1 heterocycles. The third-order valence-electron chi connectivity index (χ3n) is 2.74. The second-order valence-corrected chi connectivity index (χ2v) is 5.08. The highest BCUT2D eigenvalue weighted by molar-refractivity contribution is 7.98. The Morgan fingerprint density at radius 2 is 2.00 bits per heavy atom. The normalized spacial score (nSPS) is 10.6. The number of nitrogens with one attached hydrogen (secondary N) is 1. The van der Waals surface area contributed by atoms with Crippen LogP contribution in [0.2, 0.25) is 0 Å². The summed E-state index contributed by atoms with van der Waals surface area (Å²) in [5, 5.41) is 0. The molecule has 1 aromatic carbocycles. The van der Waals surface area contributed by atoms with Crippen molar-refractivity contribution in [3.8, 4) is 0 Å². The molecular weight excluding hydrogens is 244 g/mol. The van der Waals surface area contributed by atoms with Crippen LogP contribution in [0.25, 0.3) is 0 Å². The van der Waals surface area contributed by atoms with E-state index in [0.717, 1.165) is 23.5 Å². The number of rotatable bonds is 4. The minimum atomic E-state index is -0.00587. The van der Waals surface area contributed by atoms with Crippen molar-refractivity contribution < 1.29 is 0 Å². The van der Waals surface area contributed by atoms with E-state index in [4.69, 9.17) is 0 Å². The van der Waals surface area contributed by atoms with E-state index in [9.17, 15) is 4.79 Å². The second-order valence-electron chi connectivity index (χ2n) is 4.03. The predicted molar refractivity (Wildman–Crippen MR) is 75.0 cm³/mol. The fourth-order valence-electron chi connectivity index (χ4n) is 1.82. The largest absolute Gasteiger partial charge is 0.310 e. The Balaban J connectivity index is 2.14. The second kappa shape index (κ2) is 5.87. The zero-order chi connectivity index (χ0) is 13.0. The highest BCUT2D eigenvalue weighted by Gasteiger charge is 2.06. The van der Waals surface area contributed by atoms with Gasteiger partial charge in [-0.05, 0) is 25.5 Å². The summed E-state index contributed by atoms with van der Waals surface area (Å²) in [7, 11) is 0. The molecule has 0 radical (unpaired) electrons. The lowest BCUT2D eigenvalue weighted by molar-refractivity contribution is 0.907. The first-order valence-electron chi connectivity index (χ1n) is 5.97. The Kier molecular flexibility index (Phi) is 4.20. The first-order chi connectivity index (χ1) is 8.70. The lowest BCUT2D eigenvalue weighted by Gasteiger charge is -2.05. The Hall–Kier alpha value is -1.55. The van der Waals surface area contributed by atoms with Crippen LogP contribution in [0.3, 0.4) is 0 Å². The van der Waals surface area contributed by atoms with E-state index in [2.05, 4.69) is 22.1 Å². The lowest BCUT2D eigenvalue weighted by atomic mass is 10.2. The maximum atomic E-state index is 11.8. The van der Waals surface area contributed by atoms with Gasteiger partial charge < -0.3 is 4.98 Å². The van der Waals surface area contributed by atoms with Crippen molar-refractivity contribution in [1.29, 1.82) is 0 Å². The zero-order valence-corrected chi connectivity index (χ0v) is 11.4. The molecule has 4 heteroatoms. The number of H-pyrrole nitrogens is 1. The van der Waals surface area contributed by atoms with Gasteiger partial charge in [-0.2, -0.15) is 0 Å². The molecule has 0 fully saturated rings. The van der Waals surface area contributed by atoms with E-state index < -0.39 is 0 Å². The van der Waals surface area contributed by atoms with Crippen molar-refractivity contribution in [1.82, 2.24) is 9.97 Å². The fraction of sp³-hybridized carbons (Fsp3) is 0.286. The van der Waals surface area contributed by atoms with Crippen molar-refractivity contribution in [3.63, 3.8) is 0 Å². The molecule has 1 aromatic heterocycles. The van der Waals surface area contributed by atoms with E-state index in [1.807, 2.05) is 32.0 Å². The first kappa shape index (κ1) is 12.9. The lowest BCUT2D eigenvalue weighted by Crippen LogP contribution is -2.18. The van der Waals surface area contributed by atoms with Gasteiger partial charge in [0.1, 0.15) is 5.82 Å². The van der Waals surface area contributed by atoms with E-state index >= 15 is 0 Å². The molecule has 94 valence electrons. The van der Waals surface area contributed by atoms with Crippen LogP contribution in [0.1, 0.15) is 24.0 Å². The monoisotopic (exact) mass is 260 g/mol. The van der Waals surface area contributed by atoms with Crippen LogP contribution in [0.15, 0.2) is 40.0 Å². The van der Waals surface area contributed by atoms with Gasteiger partial charge in [0.15, 0.2) is 0 Å². The first-order valence-corrected chi connectivity index (χ1v) is 6.95. The molecule has 0 atom stereocenters. The fourth-order valence-corrected chi connectivity index (χ4v) is 2.61. The van der Waals surface area contributed by atoms with Gasteiger partial charge in [-0.3, -0.25) is 4.79 Å². The van der Waals surface area contributed by atoms with Gasteiger partial charge in [-0.15, -0.1) is 11.8 Å². The van der Waals surface area contributed by atoms with Gasteiger partial charge in [0.2, 0.25) is 0 Å². The average molecular weight is 260 g/mol. The van der Waals surface area contributed by atoms with Crippen molar-refractivity contribution in [2.45, 2.75) is 30.9 Å². The van der Waals surface area contributed by atoms with Gasteiger partial charge in [-0.25, -0.2) is 4.98 Å². The van der Waals surface area contributed by atoms with E-state index in [1.165, 1.54) is 4.90 Å². The molecule has 1 N–H and O–H groups in total. The molecule has 0 amide bonds. The summed E-state index contributed by atoms with van der Waals surface area (Å²) in [5.41, 5.74) is 1.61. The molecule has 3 nitrogen and oxygen atoms in total. The molecule has 0 aliphatic carbocycles. The summed E-state index contributed by atoms with van der Waals surface area (Å²) >= 11 is 1.67. The highest BCUT2D eigenvalue weighted by atomic mass is 32.2. The van der Waals surface area contributed by atoms with E-state index in [-0.39, 0.29) is 5.56 Å². The zero-order valence-electron chi connectivity index (χ0n) is 10.6. The van der Waals surface area contributed by atoms with Gasteiger partial charge in [0, 0.05) is 16.2 Å². The Morgan fingerprint density at radius 1 is 1.28 bits per heavy atom. The summed E-state index contributed by atoms with van der Waals surface area (Å²) in [6.45, 7) is 3.86. The van der Waals surface area contributed by atoms with E-state index in [0.29, 0.717) is 5.75 Å². The Labute approximate surface area is 111 Å². The summed E-state index contributed by atoms with van der Waals surface area (Å²) in [5.74, 6) is 1.42. The number of aryl methyl sites for hydroxylation is 1. The van der Waals surface area contributed by atoms with Crippen LogP contribution < -0.4 is 5.56 Å². The average Bonchev–Trinajstić information content (AvgIpc) is 2.37. The number of aromatic amines is 1. The minimum Gasteiger partial charge on any atom is -0.310 e. The third kappa shape index (κ3) is 3.01.